The zero-order valence-electron chi connectivity index (χ0n) is 19.1. The normalized spacial score (nSPS) is 12.6. The van der Waals surface area contributed by atoms with E-state index in [0.717, 1.165) is 9.87 Å². The summed E-state index contributed by atoms with van der Waals surface area (Å²) >= 11 is 11.8. The molecule has 2 aromatic rings. The number of benzene rings is 2. The molecule has 0 unspecified atom stereocenters. The lowest BCUT2D eigenvalue weighted by molar-refractivity contribution is -0.141. The van der Waals surface area contributed by atoms with E-state index >= 15 is 0 Å². The van der Waals surface area contributed by atoms with Crippen molar-refractivity contribution in [3.8, 4) is 0 Å². The van der Waals surface area contributed by atoms with Crippen molar-refractivity contribution in [2.75, 3.05) is 13.6 Å². The molecule has 0 heterocycles. The van der Waals surface area contributed by atoms with E-state index in [-0.39, 0.29) is 23.4 Å². The summed E-state index contributed by atoms with van der Waals surface area (Å²) in [6, 6.07) is 11.8. The molecule has 1 N–H and O–H groups in total. The van der Waals surface area contributed by atoms with Crippen LogP contribution in [0.4, 0.5) is 0 Å². The van der Waals surface area contributed by atoms with E-state index in [4.69, 9.17) is 23.2 Å². The lowest BCUT2D eigenvalue weighted by Gasteiger charge is -2.32. The maximum absolute atomic E-state index is 13.3. The summed E-state index contributed by atoms with van der Waals surface area (Å²) in [6.45, 7) is 5.19. The average Bonchev–Trinajstić information content (AvgIpc) is 2.74. The Morgan fingerprint density at radius 1 is 0.970 bits per heavy atom. The van der Waals surface area contributed by atoms with Gasteiger partial charge in [0.15, 0.2) is 0 Å². The Hall–Kier alpha value is -2.13. The van der Waals surface area contributed by atoms with Crippen molar-refractivity contribution in [3.63, 3.8) is 0 Å². The van der Waals surface area contributed by atoms with Crippen molar-refractivity contribution in [1.29, 1.82) is 0 Å². The standard InChI is InChI=1S/C23H29Cl2N3O4S/c1-5-21(23(30)26-16(2)3)28(14-17-6-8-18(24)9-7-17)22(29)15-27(4)33(31,32)20-12-10-19(25)11-13-20/h6-13,16,21H,5,14-15H2,1-4H3,(H,26,30)/t21-/m1/s1. The Morgan fingerprint density at radius 3 is 1.97 bits per heavy atom. The third-order valence-electron chi connectivity index (χ3n) is 4.96. The monoisotopic (exact) mass is 513 g/mol. The molecule has 10 heteroatoms. The van der Waals surface area contributed by atoms with Gasteiger partial charge in [0, 0.05) is 29.7 Å². The molecule has 0 aliphatic heterocycles. The number of amides is 2. The van der Waals surface area contributed by atoms with Crippen LogP contribution in [-0.2, 0) is 26.2 Å². The molecule has 180 valence electrons. The molecule has 7 nitrogen and oxygen atoms in total. The van der Waals surface area contributed by atoms with Gasteiger partial charge in [-0.1, -0.05) is 42.3 Å². The van der Waals surface area contributed by atoms with Gasteiger partial charge in [-0.15, -0.1) is 0 Å². The minimum Gasteiger partial charge on any atom is -0.352 e. The molecular formula is C23H29Cl2N3O4S. The molecule has 0 aliphatic carbocycles. The van der Waals surface area contributed by atoms with Gasteiger partial charge in [-0.05, 0) is 62.2 Å². The Kier molecular flexibility index (Phi) is 9.72. The number of hydrogen-bond donors (Lipinski definition) is 1. The van der Waals surface area contributed by atoms with Gasteiger partial charge in [-0.2, -0.15) is 4.31 Å². The molecule has 0 radical (unpaired) electrons. The van der Waals surface area contributed by atoms with Crippen LogP contribution in [-0.4, -0.2) is 55.1 Å². The zero-order chi connectivity index (χ0) is 24.8. The fourth-order valence-electron chi connectivity index (χ4n) is 3.24. The molecule has 2 rings (SSSR count). The SMILES string of the molecule is CC[C@H](C(=O)NC(C)C)N(Cc1ccc(Cl)cc1)C(=O)CN(C)S(=O)(=O)c1ccc(Cl)cc1. The highest BCUT2D eigenvalue weighted by Crippen LogP contribution is 2.19. The molecule has 0 aliphatic rings. The maximum atomic E-state index is 13.3. The van der Waals surface area contributed by atoms with Crippen LogP contribution in [0, 0.1) is 0 Å². The van der Waals surface area contributed by atoms with E-state index in [2.05, 4.69) is 5.32 Å². The zero-order valence-corrected chi connectivity index (χ0v) is 21.4. The van der Waals surface area contributed by atoms with Crippen LogP contribution in [0.1, 0.15) is 32.8 Å². The van der Waals surface area contributed by atoms with Crippen molar-refractivity contribution < 1.29 is 18.0 Å². The van der Waals surface area contributed by atoms with Crippen LogP contribution < -0.4 is 5.32 Å². The molecule has 0 spiro atoms. The minimum atomic E-state index is -3.93. The van der Waals surface area contributed by atoms with Crippen LogP contribution in [0.25, 0.3) is 0 Å². The average molecular weight is 514 g/mol. The largest absolute Gasteiger partial charge is 0.352 e. The van der Waals surface area contributed by atoms with Crippen LogP contribution in [0.15, 0.2) is 53.4 Å². The van der Waals surface area contributed by atoms with E-state index < -0.39 is 28.5 Å². The van der Waals surface area contributed by atoms with E-state index in [1.807, 2.05) is 13.8 Å². The van der Waals surface area contributed by atoms with Crippen LogP contribution in [0.2, 0.25) is 10.0 Å². The number of halogens is 2. The number of nitrogens with zero attached hydrogens (tertiary/aromatic N) is 2. The first kappa shape index (κ1) is 27.1. The summed E-state index contributed by atoms with van der Waals surface area (Å²) in [5.41, 5.74) is 0.770. The lowest BCUT2D eigenvalue weighted by atomic mass is 10.1. The highest BCUT2D eigenvalue weighted by atomic mass is 35.5. The predicted molar refractivity (Wildman–Crippen MR) is 131 cm³/mol. The number of carbonyl (C=O) groups is 2. The molecule has 1 atom stereocenters. The van der Waals surface area contributed by atoms with Gasteiger partial charge in [0.05, 0.1) is 11.4 Å². The molecule has 0 bridgehead atoms. The fraction of sp³-hybridized carbons (Fsp3) is 0.391. The van der Waals surface area contributed by atoms with Gasteiger partial charge in [0.1, 0.15) is 6.04 Å². The molecule has 0 saturated carbocycles. The molecule has 0 saturated heterocycles. The van der Waals surface area contributed by atoms with E-state index in [1.54, 1.807) is 31.2 Å². The molecule has 2 amide bonds. The number of hydrogen-bond acceptors (Lipinski definition) is 4. The van der Waals surface area contributed by atoms with Gasteiger partial charge >= 0.3 is 0 Å². The van der Waals surface area contributed by atoms with Gasteiger partial charge in [0.2, 0.25) is 21.8 Å². The summed E-state index contributed by atoms with van der Waals surface area (Å²) in [5.74, 6) is -0.784. The quantitative estimate of drug-likeness (QED) is 0.521. The highest BCUT2D eigenvalue weighted by molar-refractivity contribution is 7.89. The molecular weight excluding hydrogens is 485 g/mol. The van der Waals surface area contributed by atoms with E-state index in [0.29, 0.717) is 16.5 Å². The van der Waals surface area contributed by atoms with Crippen molar-refractivity contribution in [2.45, 2.75) is 50.7 Å². The minimum absolute atomic E-state index is 0.0241. The van der Waals surface area contributed by atoms with Crippen LogP contribution in [0.5, 0.6) is 0 Å². The number of sulfonamides is 1. The number of nitrogens with one attached hydrogen (secondary N) is 1. The lowest BCUT2D eigenvalue weighted by Crippen LogP contribution is -2.52. The Labute approximate surface area is 205 Å². The van der Waals surface area contributed by atoms with Gasteiger partial charge < -0.3 is 10.2 Å². The molecule has 0 aromatic heterocycles. The molecule has 2 aromatic carbocycles. The second-order valence-electron chi connectivity index (χ2n) is 7.95. The smallest absolute Gasteiger partial charge is 0.243 e. The van der Waals surface area contributed by atoms with Gasteiger partial charge in [-0.25, -0.2) is 8.42 Å². The second kappa shape index (κ2) is 11.8. The maximum Gasteiger partial charge on any atom is 0.243 e. The van der Waals surface area contributed by atoms with Gasteiger partial charge in [0.25, 0.3) is 0 Å². The van der Waals surface area contributed by atoms with Crippen molar-refractivity contribution in [2.24, 2.45) is 0 Å². The van der Waals surface area contributed by atoms with E-state index in [9.17, 15) is 18.0 Å². The van der Waals surface area contributed by atoms with Crippen LogP contribution in [0.3, 0.4) is 0 Å². The fourth-order valence-corrected chi connectivity index (χ4v) is 4.61. The number of rotatable bonds is 10. The Balaban J connectivity index is 2.31. The second-order valence-corrected chi connectivity index (χ2v) is 10.9. The van der Waals surface area contributed by atoms with Gasteiger partial charge in [-0.3, -0.25) is 9.59 Å². The summed E-state index contributed by atoms with van der Waals surface area (Å²) in [4.78, 5) is 27.6. The predicted octanol–water partition coefficient (Wildman–Crippen LogP) is 3.95. The summed E-state index contributed by atoms with van der Waals surface area (Å²) in [7, 11) is -2.59. The summed E-state index contributed by atoms with van der Waals surface area (Å²) in [5, 5.41) is 3.80. The topological polar surface area (TPSA) is 86.8 Å². The number of carbonyl (C=O) groups excluding carboxylic acids is 2. The first-order chi connectivity index (χ1) is 15.4. The Morgan fingerprint density at radius 2 is 1.48 bits per heavy atom. The van der Waals surface area contributed by atoms with Crippen LogP contribution >= 0.6 is 23.2 Å². The first-order valence-corrected chi connectivity index (χ1v) is 12.7. The third-order valence-corrected chi connectivity index (χ3v) is 7.28. The number of likely N-dealkylation sites (N-methyl/N-ethyl adjacent to an activating group) is 1. The van der Waals surface area contributed by atoms with Crippen molar-refractivity contribution >= 4 is 45.0 Å². The summed E-state index contributed by atoms with van der Waals surface area (Å²) < 4.78 is 26.8. The van der Waals surface area contributed by atoms with E-state index in [1.165, 1.54) is 36.2 Å². The molecule has 0 fully saturated rings. The first-order valence-electron chi connectivity index (χ1n) is 10.5. The van der Waals surface area contributed by atoms with Crippen molar-refractivity contribution in [3.05, 3.63) is 64.1 Å². The summed E-state index contributed by atoms with van der Waals surface area (Å²) in [6.07, 6.45) is 0.367. The van der Waals surface area contributed by atoms with Crippen molar-refractivity contribution in [1.82, 2.24) is 14.5 Å². The highest BCUT2D eigenvalue weighted by Gasteiger charge is 2.32. The molecule has 33 heavy (non-hydrogen) atoms. The Bertz CT molecular complexity index is 1060. The third kappa shape index (κ3) is 7.43.